The average molecular weight is 368 g/mol. The Morgan fingerprint density at radius 1 is 1.04 bits per heavy atom. The van der Waals surface area contributed by atoms with Crippen LogP contribution in [-0.4, -0.2) is 29.9 Å². The largest absolute Gasteiger partial charge is 0.444 e. The van der Waals surface area contributed by atoms with E-state index in [2.05, 4.69) is 10.6 Å². The van der Waals surface area contributed by atoms with Crippen LogP contribution in [0.3, 0.4) is 0 Å². The summed E-state index contributed by atoms with van der Waals surface area (Å²) in [5.41, 5.74) is 1.29. The zero-order valence-corrected chi connectivity index (χ0v) is 15.7. The van der Waals surface area contributed by atoms with Crippen LogP contribution in [-0.2, 0) is 16.0 Å². The maximum Gasteiger partial charge on any atom is 0.408 e. The van der Waals surface area contributed by atoms with Gasteiger partial charge in [0.25, 0.3) is 0 Å². The van der Waals surface area contributed by atoms with Crippen LogP contribution in [0.15, 0.2) is 54.6 Å². The van der Waals surface area contributed by atoms with Gasteiger partial charge in [-0.2, -0.15) is 0 Å². The molecule has 0 aliphatic rings. The topological polar surface area (TPSA) is 84.5 Å². The minimum Gasteiger partial charge on any atom is -0.444 e. The molecule has 0 spiro atoms. The van der Waals surface area contributed by atoms with Crippen LogP contribution in [0, 0.1) is 0 Å². The molecule has 0 fully saturated rings. The van der Waals surface area contributed by atoms with Crippen molar-refractivity contribution in [3.8, 4) is 0 Å². The summed E-state index contributed by atoms with van der Waals surface area (Å²) in [5, 5.41) is 5.39. The van der Waals surface area contributed by atoms with Gasteiger partial charge in [-0.3, -0.25) is 9.59 Å². The number of carbonyl (C=O) groups is 3. The Labute approximate surface area is 158 Å². The second-order valence-corrected chi connectivity index (χ2v) is 7.12. The molecule has 2 rings (SSSR count). The number of ether oxygens (including phenoxy) is 1. The molecule has 0 aliphatic carbocycles. The van der Waals surface area contributed by atoms with Gasteiger partial charge in [0.05, 0.1) is 0 Å². The Hall–Kier alpha value is -3.15. The second-order valence-electron chi connectivity index (χ2n) is 7.12. The van der Waals surface area contributed by atoms with E-state index in [1.807, 2.05) is 30.3 Å². The van der Waals surface area contributed by atoms with Crippen LogP contribution in [0.4, 0.5) is 10.5 Å². The number of amides is 2. The molecule has 0 aromatic heterocycles. The van der Waals surface area contributed by atoms with Gasteiger partial charge in [0, 0.05) is 17.7 Å². The first kappa shape index (κ1) is 20.2. The van der Waals surface area contributed by atoms with Gasteiger partial charge in [-0.15, -0.1) is 0 Å². The summed E-state index contributed by atoms with van der Waals surface area (Å²) in [4.78, 5) is 35.6. The summed E-state index contributed by atoms with van der Waals surface area (Å²) < 4.78 is 5.27. The highest BCUT2D eigenvalue weighted by Crippen LogP contribution is 2.12. The van der Waals surface area contributed by atoms with Gasteiger partial charge >= 0.3 is 6.09 Å². The summed E-state index contributed by atoms with van der Waals surface area (Å²) >= 11 is 0. The molecule has 2 N–H and O–H groups in total. The van der Waals surface area contributed by atoms with Crippen LogP contribution in [0.5, 0.6) is 0 Å². The Morgan fingerprint density at radius 2 is 1.67 bits per heavy atom. The third-order valence-corrected chi connectivity index (χ3v) is 3.60. The highest BCUT2D eigenvalue weighted by atomic mass is 16.6. The van der Waals surface area contributed by atoms with Gasteiger partial charge in [0.15, 0.2) is 0 Å². The zero-order valence-electron chi connectivity index (χ0n) is 15.7. The van der Waals surface area contributed by atoms with Crippen molar-refractivity contribution in [1.29, 1.82) is 0 Å². The highest BCUT2D eigenvalue weighted by molar-refractivity contribution is 5.97. The quantitative estimate of drug-likeness (QED) is 0.764. The molecular formula is C21H24N2O4. The number of rotatable bonds is 6. The molecule has 0 aliphatic heterocycles. The normalized spacial score (nSPS) is 12.0. The summed E-state index contributed by atoms with van der Waals surface area (Å²) in [6, 6.07) is 15.1. The lowest BCUT2D eigenvalue weighted by Gasteiger charge is -2.23. The van der Waals surface area contributed by atoms with Crippen LogP contribution in [0.2, 0.25) is 0 Å². The molecule has 6 heteroatoms. The standard InChI is InChI=1S/C21H24N2O4/c1-21(2,3)27-20(26)23-18(13-15-7-5-4-6-8-15)19(25)22-17-11-9-16(14-24)10-12-17/h4-12,14,18H,13H2,1-3H3,(H,22,25)(H,23,26)/t18-/m1/s1. The lowest BCUT2D eigenvalue weighted by Crippen LogP contribution is -2.47. The van der Waals surface area contributed by atoms with Crippen molar-refractivity contribution in [2.45, 2.75) is 38.8 Å². The van der Waals surface area contributed by atoms with Gasteiger partial charge in [-0.25, -0.2) is 4.79 Å². The molecule has 0 saturated carbocycles. The average Bonchev–Trinajstić information content (AvgIpc) is 2.61. The third kappa shape index (κ3) is 6.93. The van der Waals surface area contributed by atoms with E-state index in [1.165, 1.54) is 0 Å². The molecule has 0 radical (unpaired) electrons. The smallest absolute Gasteiger partial charge is 0.408 e. The molecule has 142 valence electrons. The highest BCUT2D eigenvalue weighted by Gasteiger charge is 2.24. The van der Waals surface area contributed by atoms with Crippen LogP contribution in [0.1, 0.15) is 36.7 Å². The van der Waals surface area contributed by atoms with Gasteiger partial charge in [-0.1, -0.05) is 30.3 Å². The first-order valence-corrected chi connectivity index (χ1v) is 8.66. The van der Waals surface area contributed by atoms with E-state index in [-0.39, 0.29) is 5.91 Å². The first-order chi connectivity index (χ1) is 12.8. The molecule has 2 amide bonds. The molecule has 27 heavy (non-hydrogen) atoms. The molecule has 6 nitrogen and oxygen atoms in total. The summed E-state index contributed by atoms with van der Waals surface area (Å²) in [5.74, 6) is -0.372. The summed E-state index contributed by atoms with van der Waals surface area (Å²) in [6.45, 7) is 5.27. The minimum atomic E-state index is -0.812. The van der Waals surface area contributed by atoms with Crippen molar-refractivity contribution < 1.29 is 19.1 Å². The number of carbonyl (C=O) groups excluding carboxylic acids is 3. The van der Waals surface area contributed by atoms with Crippen molar-refractivity contribution in [1.82, 2.24) is 5.32 Å². The zero-order chi connectivity index (χ0) is 19.9. The fourth-order valence-corrected chi connectivity index (χ4v) is 2.38. The third-order valence-electron chi connectivity index (χ3n) is 3.60. The molecule has 2 aromatic carbocycles. The predicted molar refractivity (Wildman–Crippen MR) is 104 cm³/mol. The molecule has 0 heterocycles. The molecule has 0 bridgehead atoms. The lowest BCUT2D eigenvalue weighted by atomic mass is 10.1. The van der Waals surface area contributed by atoms with Crippen molar-refractivity contribution >= 4 is 24.0 Å². The van der Waals surface area contributed by atoms with Gasteiger partial charge in [0.2, 0.25) is 5.91 Å². The van der Waals surface area contributed by atoms with E-state index in [9.17, 15) is 14.4 Å². The maximum atomic E-state index is 12.7. The van der Waals surface area contributed by atoms with Gasteiger partial charge in [0.1, 0.15) is 17.9 Å². The number of hydrogen-bond acceptors (Lipinski definition) is 4. The molecule has 2 aromatic rings. The van der Waals surface area contributed by atoms with Gasteiger partial charge in [-0.05, 0) is 50.6 Å². The number of aldehydes is 1. The summed E-state index contributed by atoms with van der Waals surface area (Å²) in [6.07, 6.45) is 0.390. The van der Waals surface area contributed by atoms with E-state index < -0.39 is 17.7 Å². The SMILES string of the molecule is CC(C)(C)OC(=O)N[C@H](Cc1ccccc1)C(=O)Nc1ccc(C=O)cc1. The maximum absolute atomic E-state index is 12.7. The van der Waals surface area contributed by atoms with Crippen molar-refractivity contribution in [2.24, 2.45) is 0 Å². The fraction of sp³-hybridized carbons (Fsp3) is 0.286. The van der Waals surface area contributed by atoms with E-state index in [4.69, 9.17) is 4.74 Å². The Balaban J connectivity index is 2.12. The molecule has 1 atom stereocenters. The summed E-state index contributed by atoms with van der Waals surface area (Å²) in [7, 11) is 0. The number of hydrogen-bond donors (Lipinski definition) is 2. The molecular weight excluding hydrogens is 344 g/mol. The molecule has 0 unspecified atom stereocenters. The van der Waals surface area contributed by atoms with Crippen LogP contribution in [0.25, 0.3) is 0 Å². The molecule has 0 saturated heterocycles. The lowest BCUT2D eigenvalue weighted by molar-refractivity contribution is -0.118. The van der Waals surface area contributed by atoms with Crippen molar-refractivity contribution in [2.75, 3.05) is 5.32 Å². The second kappa shape index (κ2) is 8.98. The van der Waals surface area contributed by atoms with E-state index in [0.717, 1.165) is 11.8 Å². The number of nitrogens with one attached hydrogen (secondary N) is 2. The number of alkyl carbamates (subject to hydrolysis) is 1. The number of anilines is 1. The van der Waals surface area contributed by atoms with E-state index in [0.29, 0.717) is 17.7 Å². The first-order valence-electron chi connectivity index (χ1n) is 8.66. The van der Waals surface area contributed by atoms with Crippen molar-refractivity contribution in [3.63, 3.8) is 0 Å². The van der Waals surface area contributed by atoms with E-state index >= 15 is 0 Å². The Bertz CT molecular complexity index is 780. The van der Waals surface area contributed by atoms with Gasteiger partial charge < -0.3 is 15.4 Å². The van der Waals surface area contributed by atoms with Crippen LogP contribution >= 0.6 is 0 Å². The minimum absolute atomic E-state index is 0.318. The van der Waals surface area contributed by atoms with Crippen LogP contribution < -0.4 is 10.6 Å². The Kier molecular flexibility index (Phi) is 6.71. The Morgan fingerprint density at radius 3 is 2.22 bits per heavy atom. The van der Waals surface area contributed by atoms with Crippen molar-refractivity contribution in [3.05, 3.63) is 65.7 Å². The monoisotopic (exact) mass is 368 g/mol. The van der Waals surface area contributed by atoms with E-state index in [1.54, 1.807) is 45.0 Å². The number of benzene rings is 2. The fourth-order valence-electron chi connectivity index (χ4n) is 2.38. The predicted octanol–water partition coefficient (Wildman–Crippen LogP) is 3.57.